The van der Waals surface area contributed by atoms with Gasteiger partial charge in [0.05, 0.1) is 17.9 Å². The van der Waals surface area contributed by atoms with Crippen molar-refractivity contribution in [3.05, 3.63) is 46.4 Å². The smallest absolute Gasteiger partial charge is 0.340 e. The molecule has 0 aliphatic heterocycles. The van der Waals surface area contributed by atoms with Gasteiger partial charge in [-0.1, -0.05) is 6.07 Å². The number of anilines is 1. The van der Waals surface area contributed by atoms with Crippen molar-refractivity contribution in [2.24, 2.45) is 0 Å². The van der Waals surface area contributed by atoms with Gasteiger partial charge in [0, 0.05) is 17.2 Å². The molecule has 0 fully saturated rings. The molecule has 0 amide bonds. The van der Waals surface area contributed by atoms with Gasteiger partial charge in [-0.15, -0.1) is 0 Å². The second-order valence-electron chi connectivity index (χ2n) is 3.78. The van der Waals surface area contributed by atoms with Gasteiger partial charge in [0.25, 0.3) is 5.56 Å². The molecule has 0 aliphatic rings. The van der Waals surface area contributed by atoms with Crippen molar-refractivity contribution >= 4 is 23.4 Å². The topological polar surface area (TPSA) is 98.1 Å². The van der Waals surface area contributed by atoms with Crippen LogP contribution in [0.2, 0.25) is 0 Å². The molecule has 0 aliphatic carbocycles. The highest BCUT2D eigenvalue weighted by atomic mass is 32.2. The molecule has 0 saturated heterocycles. The van der Waals surface area contributed by atoms with Gasteiger partial charge in [-0.2, -0.15) is 0 Å². The maximum atomic E-state index is 11.7. The summed E-state index contributed by atoms with van der Waals surface area (Å²) in [5.74, 6) is -0.470. The molecule has 1 aromatic carbocycles. The first-order valence-electron chi connectivity index (χ1n) is 5.90. The van der Waals surface area contributed by atoms with Crippen LogP contribution in [0.4, 0.5) is 5.69 Å². The van der Waals surface area contributed by atoms with Crippen molar-refractivity contribution in [2.45, 2.75) is 17.0 Å². The van der Waals surface area contributed by atoms with Crippen molar-refractivity contribution in [3.8, 4) is 0 Å². The number of H-pyrrole nitrogens is 1. The highest BCUT2D eigenvalue weighted by molar-refractivity contribution is 7.99. The molecular formula is C13H13N3O3S. The van der Waals surface area contributed by atoms with Crippen molar-refractivity contribution < 1.29 is 9.53 Å². The fourth-order valence-electron chi connectivity index (χ4n) is 1.53. The van der Waals surface area contributed by atoms with E-state index < -0.39 is 5.97 Å². The summed E-state index contributed by atoms with van der Waals surface area (Å²) in [6, 6.07) is 6.36. The summed E-state index contributed by atoms with van der Waals surface area (Å²) in [4.78, 5) is 30.2. The van der Waals surface area contributed by atoms with Crippen LogP contribution >= 0.6 is 11.8 Å². The number of aromatic nitrogens is 2. The standard InChI is InChI=1S/C13H13N3O3S/c1-2-19-12(18)8-4-3-5-9(11(8)14)20-13-15-7-6-10(17)16-13/h3-7H,2,14H2,1H3,(H,15,16,17). The molecule has 0 radical (unpaired) electrons. The van der Waals surface area contributed by atoms with E-state index in [9.17, 15) is 9.59 Å². The molecule has 104 valence electrons. The van der Waals surface area contributed by atoms with E-state index in [1.807, 2.05) is 0 Å². The molecule has 2 aromatic rings. The summed E-state index contributed by atoms with van der Waals surface area (Å²) >= 11 is 1.18. The minimum atomic E-state index is -0.470. The van der Waals surface area contributed by atoms with E-state index >= 15 is 0 Å². The fourth-order valence-corrected chi connectivity index (χ4v) is 2.37. The van der Waals surface area contributed by atoms with E-state index in [-0.39, 0.29) is 12.2 Å². The number of benzene rings is 1. The molecule has 0 atom stereocenters. The Morgan fingerprint density at radius 2 is 2.25 bits per heavy atom. The van der Waals surface area contributed by atoms with Gasteiger partial charge in [-0.05, 0) is 30.8 Å². The van der Waals surface area contributed by atoms with E-state index in [1.165, 1.54) is 24.0 Å². The van der Waals surface area contributed by atoms with Gasteiger partial charge in [0.2, 0.25) is 0 Å². The number of carbonyl (C=O) groups is 1. The number of nitrogens with one attached hydrogen (secondary N) is 1. The van der Waals surface area contributed by atoms with Crippen LogP contribution in [0.3, 0.4) is 0 Å². The van der Waals surface area contributed by atoms with Gasteiger partial charge in [0.15, 0.2) is 5.16 Å². The lowest BCUT2D eigenvalue weighted by molar-refractivity contribution is 0.0527. The second-order valence-corrected chi connectivity index (χ2v) is 4.81. The predicted octanol–water partition coefficient (Wildman–Crippen LogP) is 1.68. The Labute approximate surface area is 119 Å². The fraction of sp³-hybridized carbons (Fsp3) is 0.154. The first kappa shape index (κ1) is 14.1. The summed E-state index contributed by atoms with van der Waals surface area (Å²) < 4.78 is 4.93. The zero-order chi connectivity index (χ0) is 14.5. The Kier molecular flexibility index (Phi) is 4.41. The second kappa shape index (κ2) is 6.25. The SMILES string of the molecule is CCOC(=O)c1cccc(Sc2nccc(=O)[nH]2)c1N. The molecule has 0 unspecified atom stereocenters. The van der Waals surface area contributed by atoms with E-state index in [0.717, 1.165) is 0 Å². The number of aromatic amines is 1. The van der Waals surface area contributed by atoms with Crippen LogP contribution in [0.1, 0.15) is 17.3 Å². The number of nitrogens with two attached hydrogens (primary N) is 1. The minimum Gasteiger partial charge on any atom is -0.462 e. The van der Waals surface area contributed by atoms with Crippen LogP contribution in [0, 0.1) is 0 Å². The maximum absolute atomic E-state index is 11.7. The minimum absolute atomic E-state index is 0.248. The zero-order valence-electron chi connectivity index (χ0n) is 10.8. The zero-order valence-corrected chi connectivity index (χ0v) is 11.6. The largest absolute Gasteiger partial charge is 0.462 e. The van der Waals surface area contributed by atoms with Crippen molar-refractivity contribution in [1.82, 2.24) is 9.97 Å². The Bertz CT molecular complexity index is 685. The summed E-state index contributed by atoms with van der Waals surface area (Å²) in [6.45, 7) is 2.01. The third-order valence-corrected chi connectivity index (χ3v) is 3.39. The van der Waals surface area contributed by atoms with Crippen molar-refractivity contribution in [3.63, 3.8) is 0 Å². The molecule has 0 saturated carbocycles. The monoisotopic (exact) mass is 291 g/mol. The molecule has 6 nitrogen and oxygen atoms in total. The Morgan fingerprint density at radius 3 is 2.95 bits per heavy atom. The van der Waals surface area contributed by atoms with Crippen LogP contribution in [-0.4, -0.2) is 22.5 Å². The third-order valence-electron chi connectivity index (χ3n) is 2.42. The molecule has 7 heteroatoms. The summed E-state index contributed by atoms with van der Waals surface area (Å²) in [7, 11) is 0. The van der Waals surface area contributed by atoms with E-state index in [4.69, 9.17) is 10.5 Å². The van der Waals surface area contributed by atoms with Gasteiger partial charge < -0.3 is 15.5 Å². The van der Waals surface area contributed by atoms with Gasteiger partial charge in [0.1, 0.15) is 0 Å². The van der Waals surface area contributed by atoms with Crippen molar-refractivity contribution in [1.29, 1.82) is 0 Å². The molecule has 1 aromatic heterocycles. The highest BCUT2D eigenvalue weighted by Crippen LogP contribution is 2.31. The predicted molar refractivity (Wildman–Crippen MR) is 75.8 cm³/mol. The van der Waals surface area contributed by atoms with Crippen LogP contribution in [0.25, 0.3) is 0 Å². The van der Waals surface area contributed by atoms with E-state index in [0.29, 0.717) is 21.3 Å². The van der Waals surface area contributed by atoms with Crippen LogP contribution < -0.4 is 11.3 Å². The molecule has 1 heterocycles. The normalized spacial score (nSPS) is 10.2. The number of carbonyl (C=O) groups excluding carboxylic acids is 1. The average molecular weight is 291 g/mol. The number of nitrogen functional groups attached to an aromatic ring is 1. The molecule has 0 spiro atoms. The lowest BCUT2D eigenvalue weighted by atomic mass is 10.2. The lowest BCUT2D eigenvalue weighted by Crippen LogP contribution is -2.09. The number of esters is 1. The van der Waals surface area contributed by atoms with Crippen molar-refractivity contribution in [2.75, 3.05) is 12.3 Å². The molecule has 3 N–H and O–H groups in total. The number of rotatable bonds is 4. The number of hydrogen-bond acceptors (Lipinski definition) is 6. The van der Waals surface area contributed by atoms with Crippen LogP contribution in [-0.2, 0) is 4.74 Å². The summed E-state index contributed by atoms with van der Waals surface area (Å²) in [6.07, 6.45) is 1.41. The molecule has 0 bridgehead atoms. The van der Waals surface area contributed by atoms with Gasteiger partial charge >= 0.3 is 5.97 Å². The first-order valence-corrected chi connectivity index (χ1v) is 6.72. The Morgan fingerprint density at radius 1 is 1.45 bits per heavy atom. The van der Waals surface area contributed by atoms with E-state index in [2.05, 4.69) is 9.97 Å². The molecular weight excluding hydrogens is 278 g/mol. The number of hydrogen-bond donors (Lipinski definition) is 2. The Hall–Kier alpha value is -2.28. The maximum Gasteiger partial charge on any atom is 0.340 e. The quantitative estimate of drug-likeness (QED) is 0.505. The Balaban J connectivity index is 2.31. The van der Waals surface area contributed by atoms with Crippen LogP contribution in [0.5, 0.6) is 0 Å². The van der Waals surface area contributed by atoms with Gasteiger partial charge in [-0.3, -0.25) is 4.79 Å². The lowest BCUT2D eigenvalue weighted by Gasteiger charge is -2.09. The summed E-state index contributed by atoms with van der Waals surface area (Å²) in [5, 5.41) is 0.408. The van der Waals surface area contributed by atoms with E-state index in [1.54, 1.807) is 25.1 Å². The third kappa shape index (κ3) is 3.18. The number of para-hydroxylation sites is 1. The molecule has 2 rings (SSSR count). The highest BCUT2D eigenvalue weighted by Gasteiger charge is 2.14. The number of nitrogens with zero attached hydrogens (tertiary/aromatic N) is 1. The first-order chi connectivity index (χ1) is 9.61. The summed E-state index contributed by atoms with van der Waals surface area (Å²) in [5.41, 5.74) is 6.32. The van der Waals surface area contributed by atoms with Gasteiger partial charge in [-0.25, -0.2) is 9.78 Å². The molecule has 20 heavy (non-hydrogen) atoms. The number of ether oxygens (including phenoxy) is 1. The van der Waals surface area contributed by atoms with Crippen LogP contribution in [0.15, 0.2) is 45.3 Å². The average Bonchev–Trinajstić information content (AvgIpc) is 2.41.